The molecule has 0 aromatic heterocycles. The lowest BCUT2D eigenvalue weighted by molar-refractivity contribution is -0.156. The van der Waals surface area contributed by atoms with E-state index in [1.54, 1.807) is 11.8 Å². The second-order valence-corrected chi connectivity index (χ2v) is 30.6. The molecule has 4 N–H and O–H groups in total. The van der Waals surface area contributed by atoms with Crippen LogP contribution >= 0.6 is 11.6 Å². The molecule has 5 fully saturated rings. The van der Waals surface area contributed by atoms with Crippen LogP contribution in [0.5, 0.6) is 0 Å². The Labute approximate surface area is 611 Å². The van der Waals surface area contributed by atoms with Crippen molar-refractivity contribution in [1.82, 2.24) is 60.0 Å². The van der Waals surface area contributed by atoms with Crippen LogP contribution in [0.25, 0.3) is 0 Å². The van der Waals surface area contributed by atoms with Gasteiger partial charge in [0.2, 0.25) is 59.1 Å². The van der Waals surface area contributed by atoms with Crippen LogP contribution in [0.1, 0.15) is 199 Å². The van der Waals surface area contributed by atoms with E-state index in [1.165, 1.54) is 75.0 Å². The molecular weight excluding hydrogens is 1360 g/mol. The molecule has 1 spiro atoms. The van der Waals surface area contributed by atoms with Crippen LogP contribution in [-0.2, 0) is 65.3 Å². The zero-order chi connectivity index (χ0) is 76.2. The topological polar surface area (TPSA) is 290 Å². The highest BCUT2D eigenvalue weighted by Gasteiger charge is 2.51. The van der Waals surface area contributed by atoms with E-state index in [9.17, 15) is 47.0 Å². The number of urea groups is 1. The van der Waals surface area contributed by atoms with Gasteiger partial charge in [0.05, 0.1) is 36.6 Å². The van der Waals surface area contributed by atoms with Gasteiger partial charge in [-0.25, -0.2) is 4.79 Å². The van der Waals surface area contributed by atoms with E-state index in [1.807, 2.05) is 20.8 Å². The standard InChI is InChI=1S/C74H116ClF3N12O13/c1-12-49(4)63-69(100)84(7)46-61(94)82(5)47-62(95)86(9)57(43-50-27-17-13-18-28-50)67(98)83(6)45-59(92)79-55(34-32-51-31-33-53(54(75)42-51)74(76,77)78)66(97)90(39-25-16-26-40-91)72(103)81-73(35-21-22-36-73)71(102)88(11)64(52-29-19-14-20-30-52)70(101)87(10)58(68(99)89-37-23-15-24-38-89)44-60(93)85(8)56(41-48(2)3)65(96)80-63/h31,33,42,48-50,52,55-58,63-64,91H,12-30,32,34-41,43-47H2,1-11H3,(H,79,92)(H,80,96)(H,81,103)/t49-,55+,56-,57-,58-,63-,64?/m0/s1. The van der Waals surface area contributed by atoms with E-state index in [0.717, 1.165) is 76.7 Å². The summed E-state index contributed by atoms with van der Waals surface area (Å²) in [5, 5.41) is 17.8. The smallest absolute Gasteiger partial charge is 0.396 e. The number of rotatable bonds is 16. The monoisotopic (exact) mass is 1470 g/mol. The third kappa shape index (κ3) is 23.0. The molecule has 29 heteroatoms. The number of likely N-dealkylation sites (tertiary alicyclic amines) is 1. The lowest BCUT2D eigenvalue weighted by Gasteiger charge is -2.43. The van der Waals surface area contributed by atoms with Crippen molar-refractivity contribution in [3.63, 3.8) is 0 Å². The number of carbonyl (C=O) groups excluding carboxylic acids is 12. The van der Waals surface area contributed by atoms with Gasteiger partial charge in [0, 0.05) is 75.6 Å². The zero-order valence-electron chi connectivity index (χ0n) is 62.7. The Balaban J connectivity index is 1.49. The first-order chi connectivity index (χ1) is 48.7. The van der Waals surface area contributed by atoms with E-state index >= 15 is 28.8 Å². The third-order valence-electron chi connectivity index (χ3n) is 22.0. The molecule has 103 heavy (non-hydrogen) atoms. The van der Waals surface area contributed by atoms with Gasteiger partial charge >= 0.3 is 12.2 Å². The van der Waals surface area contributed by atoms with Gasteiger partial charge in [0.1, 0.15) is 41.8 Å². The maximum atomic E-state index is 15.9. The summed E-state index contributed by atoms with van der Waals surface area (Å²) < 4.78 is 41.9. The Morgan fingerprint density at radius 3 is 1.83 bits per heavy atom. The highest BCUT2D eigenvalue weighted by Crippen LogP contribution is 2.38. The minimum Gasteiger partial charge on any atom is -0.396 e. The highest BCUT2D eigenvalue weighted by atomic mass is 35.5. The first-order valence-electron chi connectivity index (χ1n) is 37.4. The quantitative estimate of drug-likeness (QED) is 0.121. The van der Waals surface area contributed by atoms with Crippen molar-refractivity contribution in [2.45, 2.75) is 243 Å². The molecule has 6 rings (SSSR count). The average Bonchev–Trinajstić information content (AvgIpc) is 1.76. The zero-order valence-corrected chi connectivity index (χ0v) is 63.5. The summed E-state index contributed by atoms with van der Waals surface area (Å²) >= 11 is 6.19. The minimum absolute atomic E-state index is 0.00916. The number of carbonyl (C=O) groups is 12. The molecule has 2 aliphatic heterocycles. The second kappa shape index (κ2) is 39.3. The molecule has 2 saturated heterocycles. The molecule has 7 atom stereocenters. The Morgan fingerprint density at radius 2 is 1.24 bits per heavy atom. The number of likely N-dealkylation sites (N-methyl/N-ethyl adjacent to an activating group) is 7. The van der Waals surface area contributed by atoms with Gasteiger partial charge in [0.25, 0.3) is 5.91 Å². The van der Waals surface area contributed by atoms with Crippen LogP contribution in [0.3, 0.4) is 0 Å². The number of unbranched alkanes of at least 4 members (excludes halogenated alkanes) is 2. The van der Waals surface area contributed by atoms with Crippen molar-refractivity contribution >= 4 is 82.6 Å². The molecule has 1 unspecified atom stereocenters. The molecule has 1 aromatic rings. The predicted octanol–water partition coefficient (Wildman–Crippen LogP) is 7.02. The number of nitrogens with one attached hydrogen (secondary N) is 3. The number of halogens is 4. The molecule has 3 aliphatic carbocycles. The van der Waals surface area contributed by atoms with Gasteiger partial charge < -0.3 is 60.3 Å². The number of hydrogen-bond acceptors (Lipinski definition) is 13. The summed E-state index contributed by atoms with van der Waals surface area (Å²) in [4.78, 5) is 192. The lowest BCUT2D eigenvalue weighted by atomic mass is 9.81. The Hall–Kier alpha value is -7.10. The van der Waals surface area contributed by atoms with Crippen molar-refractivity contribution in [1.29, 1.82) is 0 Å². The van der Waals surface area contributed by atoms with Crippen molar-refractivity contribution in [3.8, 4) is 0 Å². The summed E-state index contributed by atoms with van der Waals surface area (Å²) in [6.07, 6.45) is 6.24. The van der Waals surface area contributed by atoms with Gasteiger partial charge in [-0.05, 0) is 131 Å². The fourth-order valence-electron chi connectivity index (χ4n) is 15.4. The van der Waals surface area contributed by atoms with Gasteiger partial charge in [-0.2, -0.15) is 13.2 Å². The van der Waals surface area contributed by atoms with Crippen LogP contribution < -0.4 is 16.0 Å². The van der Waals surface area contributed by atoms with Crippen LogP contribution in [0, 0.1) is 23.7 Å². The van der Waals surface area contributed by atoms with Gasteiger partial charge in [-0.15, -0.1) is 0 Å². The first-order valence-corrected chi connectivity index (χ1v) is 37.8. The van der Waals surface area contributed by atoms with E-state index in [4.69, 9.17) is 11.6 Å². The predicted molar refractivity (Wildman–Crippen MR) is 382 cm³/mol. The normalized spacial score (nSPS) is 25.1. The van der Waals surface area contributed by atoms with Crippen LogP contribution in [0.2, 0.25) is 5.02 Å². The lowest BCUT2D eigenvalue weighted by Crippen LogP contribution is -2.65. The van der Waals surface area contributed by atoms with E-state index in [0.29, 0.717) is 77.3 Å². The minimum atomic E-state index is -4.80. The molecule has 0 radical (unpaired) electrons. The molecular formula is C74H116ClF3N12O13. The summed E-state index contributed by atoms with van der Waals surface area (Å²) in [5.41, 5.74) is -2.61. The number of alkyl halides is 3. The van der Waals surface area contributed by atoms with Crippen molar-refractivity contribution in [3.05, 3.63) is 34.3 Å². The number of imide groups is 1. The van der Waals surface area contributed by atoms with E-state index in [2.05, 4.69) is 16.0 Å². The fraction of sp³-hybridized carbons (Fsp3) is 0.757. The summed E-state index contributed by atoms with van der Waals surface area (Å²) in [6.45, 7) is 5.71. The van der Waals surface area contributed by atoms with Crippen molar-refractivity contribution in [2.75, 3.05) is 95.2 Å². The average molecular weight is 1470 g/mol. The number of piperidine rings is 1. The fourth-order valence-corrected chi connectivity index (χ4v) is 15.7. The number of hydrogen-bond donors (Lipinski definition) is 4. The van der Waals surface area contributed by atoms with Crippen LogP contribution in [-0.4, -0.2) is 257 Å². The number of aryl methyl sites for hydroxylation is 1. The maximum Gasteiger partial charge on any atom is 0.417 e. The molecule has 5 aliphatic rings. The second-order valence-electron chi connectivity index (χ2n) is 30.2. The van der Waals surface area contributed by atoms with E-state index < -0.39 is 167 Å². The molecule has 2 heterocycles. The molecule has 25 nitrogen and oxygen atoms in total. The summed E-state index contributed by atoms with van der Waals surface area (Å²) in [5.74, 6) is -8.80. The van der Waals surface area contributed by atoms with E-state index in [-0.39, 0.29) is 81.9 Å². The molecule has 1 aromatic carbocycles. The van der Waals surface area contributed by atoms with Crippen molar-refractivity contribution < 1.29 is 75.8 Å². The van der Waals surface area contributed by atoms with Gasteiger partial charge in [-0.3, -0.25) is 57.6 Å². The molecule has 13 amide bonds. The van der Waals surface area contributed by atoms with Crippen LogP contribution in [0.4, 0.5) is 18.0 Å². The third-order valence-corrected chi connectivity index (χ3v) is 22.4. The van der Waals surface area contributed by atoms with Gasteiger partial charge in [0.15, 0.2) is 0 Å². The summed E-state index contributed by atoms with van der Waals surface area (Å²) in [7, 11) is 9.86. The van der Waals surface area contributed by atoms with Crippen molar-refractivity contribution in [2.24, 2.45) is 23.7 Å². The number of amides is 13. The Bertz CT molecular complexity index is 3120. The molecule has 578 valence electrons. The Kier molecular flexibility index (Phi) is 32.4. The summed E-state index contributed by atoms with van der Waals surface area (Å²) in [6, 6.07) is -5.88. The largest absolute Gasteiger partial charge is 0.417 e. The molecule has 3 saturated carbocycles. The highest BCUT2D eigenvalue weighted by molar-refractivity contribution is 6.31. The number of aliphatic hydroxyl groups excluding tert-OH is 1. The maximum absolute atomic E-state index is 15.9. The first kappa shape index (κ1) is 84.8. The number of nitrogens with zero attached hydrogens (tertiary/aromatic N) is 9. The van der Waals surface area contributed by atoms with Gasteiger partial charge in [-0.1, -0.05) is 116 Å². The molecule has 0 bridgehead atoms. The number of aliphatic hydroxyl groups is 1. The SMILES string of the molecule is CC[C@H](C)[C@@H]1NC(=O)[C@H](CC(C)C)N(C)C(=O)C[C@@H](C(=O)N2CCCCC2)N(C)C(=O)C(C2CCCCC2)N(C)C(=O)C2(CCCC2)NC(=O)N(CCCCCO)C(=O)[C@@H](CCc2ccc(C(F)(F)F)c(Cl)c2)NC(=O)CN(C)C(=O)[C@H](CC2CCCCC2)N(C)C(=O)CN(C)C(=O)CN(C)C1=O. The Morgan fingerprint density at radius 1 is 0.650 bits per heavy atom. The van der Waals surface area contributed by atoms with Crippen LogP contribution in [0.15, 0.2) is 18.2 Å². The number of benzene rings is 1.